The quantitative estimate of drug-likeness (QED) is 0.767. The monoisotopic (exact) mass is 326 g/mol. The first-order valence-corrected chi connectivity index (χ1v) is 7.89. The summed E-state index contributed by atoms with van der Waals surface area (Å²) in [6.45, 7) is 9.00. The van der Waals surface area contributed by atoms with E-state index < -0.39 is 6.04 Å². The Bertz CT molecular complexity index is 432. The molecule has 1 amide bonds. The van der Waals surface area contributed by atoms with Crippen LogP contribution in [0.25, 0.3) is 0 Å². The molecule has 3 nitrogen and oxygen atoms in total. The summed E-state index contributed by atoms with van der Waals surface area (Å²) >= 11 is 0. The first-order chi connectivity index (χ1) is 9.82. The molecule has 22 heavy (non-hydrogen) atoms. The third kappa shape index (κ3) is 7.81. The molecule has 0 saturated carbocycles. The summed E-state index contributed by atoms with van der Waals surface area (Å²) in [6.07, 6.45) is 3.30. The summed E-state index contributed by atoms with van der Waals surface area (Å²) in [5.41, 5.74) is 7.33. The van der Waals surface area contributed by atoms with Gasteiger partial charge in [-0.05, 0) is 36.2 Å². The first-order valence-electron chi connectivity index (χ1n) is 7.89. The molecule has 0 spiro atoms. The van der Waals surface area contributed by atoms with Crippen molar-refractivity contribution in [1.29, 1.82) is 0 Å². The van der Waals surface area contributed by atoms with Gasteiger partial charge in [0, 0.05) is 6.54 Å². The summed E-state index contributed by atoms with van der Waals surface area (Å²) in [4.78, 5) is 11.9. The number of hydrogen-bond donors (Lipinski definition) is 2. The molecule has 1 rings (SSSR count). The molecular formula is C18H31ClN2O. The van der Waals surface area contributed by atoms with Crippen molar-refractivity contribution in [3.05, 3.63) is 35.9 Å². The minimum absolute atomic E-state index is 0. The molecule has 0 saturated heterocycles. The molecule has 0 heterocycles. The standard InChI is InChI=1S/C18H30N2O.ClH/c1-14(2)16(19)17(21)20-13-18(3,4)12-8-11-15-9-6-5-7-10-15;/h5-7,9-10,14,16H,8,11-13,19H2,1-4H3,(H,20,21);1H/t16-;/m0./s1. The smallest absolute Gasteiger partial charge is 0.237 e. The van der Waals surface area contributed by atoms with E-state index in [0.29, 0.717) is 6.54 Å². The fourth-order valence-corrected chi connectivity index (χ4v) is 2.25. The van der Waals surface area contributed by atoms with Gasteiger partial charge in [-0.25, -0.2) is 0 Å². The van der Waals surface area contributed by atoms with Crippen LogP contribution in [-0.2, 0) is 11.2 Å². The second-order valence-electron chi connectivity index (χ2n) is 6.99. The Morgan fingerprint density at radius 3 is 2.36 bits per heavy atom. The van der Waals surface area contributed by atoms with E-state index in [2.05, 4.69) is 43.4 Å². The average molecular weight is 327 g/mol. The van der Waals surface area contributed by atoms with Crippen LogP contribution >= 0.6 is 12.4 Å². The number of nitrogens with two attached hydrogens (primary N) is 1. The Kier molecular flexibility index (Phi) is 9.38. The summed E-state index contributed by atoms with van der Waals surface area (Å²) in [5, 5.41) is 2.99. The second kappa shape index (κ2) is 9.86. The van der Waals surface area contributed by atoms with E-state index in [1.54, 1.807) is 0 Å². The first kappa shape index (κ1) is 20.9. The molecule has 126 valence electrons. The van der Waals surface area contributed by atoms with Crippen LogP contribution in [0, 0.1) is 11.3 Å². The molecule has 0 aliphatic rings. The number of nitrogens with one attached hydrogen (secondary N) is 1. The molecule has 0 unspecified atom stereocenters. The Morgan fingerprint density at radius 1 is 1.23 bits per heavy atom. The number of carbonyl (C=O) groups excluding carboxylic acids is 1. The van der Waals surface area contributed by atoms with Crippen LogP contribution in [0.3, 0.4) is 0 Å². The predicted octanol–water partition coefficient (Wildman–Crippen LogP) is 3.56. The lowest BCUT2D eigenvalue weighted by molar-refractivity contribution is -0.123. The number of benzene rings is 1. The summed E-state index contributed by atoms with van der Waals surface area (Å²) in [7, 11) is 0. The maximum atomic E-state index is 11.9. The highest BCUT2D eigenvalue weighted by atomic mass is 35.5. The maximum Gasteiger partial charge on any atom is 0.237 e. The van der Waals surface area contributed by atoms with Gasteiger partial charge in [0.1, 0.15) is 0 Å². The molecule has 0 fully saturated rings. The highest BCUT2D eigenvalue weighted by molar-refractivity contribution is 5.85. The molecule has 0 aromatic heterocycles. The number of aryl methyl sites for hydroxylation is 1. The van der Waals surface area contributed by atoms with Crippen LogP contribution in [0.2, 0.25) is 0 Å². The second-order valence-corrected chi connectivity index (χ2v) is 6.99. The Hall–Kier alpha value is -1.06. The lowest BCUT2D eigenvalue weighted by Crippen LogP contribution is -2.46. The van der Waals surface area contributed by atoms with Gasteiger partial charge in [0.2, 0.25) is 5.91 Å². The third-order valence-electron chi connectivity index (χ3n) is 3.92. The van der Waals surface area contributed by atoms with Gasteiger partial charge >= 0.3 is 0 Å². The molecule has 1 atom stereocenters. The molecule has 3 N–H and O–H groups in total. The van der Waals surface area contributed by atoms with Crippen molar-refractivity contribution in [3.8, 4) is 0 Å². The van der Waals surface area contributed by atoms with Gasteiger partial charge in [-0.1, -0.05) is 58.0 Å². The van der Waals surface area contributed by atoms with Gasteiger partial charge in [-0.3, -0.25) is 4.79 Å². The lowest BCUT2D eigenvalue weighted by atomic mass is 9.86. The van der Waals surface area contributed by atoms with E-state index in [1.165, 1.54) is 5.56 Å². The number of hydrogen-bond acceptors (Lipinski definition) is 2. The molecule has 1 aromatic rings. The van der Waals surface area contributed by atoms with Gasteiger partial charge in [0.15, 0.2) is 0 Å². The Balaban J connectivity index is 0.00000441. The zero-order chi connectivity index (χ0) is 15.9. The van der Waals surface area contributed by atoms with Crippen molar-refractivity contribution < 1.29 is 4.79 Å². The highest BCUT2D eigenvalue weighted by Gasteiger charge is 2.22. The lowest BCUT2D eigenvalue weighted by Gasteiger charge is -2.26. The topological polar surface area (TPSA) is 55.1 Å². The molecular weight excluding hydrogens is 296 g/mol. The highest BCUT2D eigenvalue weighted by Crippen LogP contribution is 2.22. The van der Waals surface area contributed by atoms with E-state index in [-0.39, 0.29) is 29.6 Å². The van der Waals surface area contributed by atoms with Crippen molar-refractivity contribution in [2.45, 2.75) is 53.0 Å². The van der Waals surface area contributed by atoms with E-state index in [1.807, 2.05) is 19.9 Å². The van der Waals surface area contributed by atoms with Crippen LogP contribution in [0.1, 0.15) is 46.1 Å². The van der Waals surface area contributed by atoms with E-state index in [9.17, 15) is 4.79 Å². The minimum atomic E-state index is -0.412. The maximum absolute atomic E-state index is 11.9. The number of halogens is 1. The van der Waals surface area contributed by atoms with Gasteiger partial charge in [0.05, 0.1) is 6.04 Å². The van der Waals surface area contributed by atoms with Crippen molar-refractivity contribution >= 4 is 18.3 Å². The molecule has 1 aromatic carbocycles. The van der Waals surface area contributed by atoms with Crippen LogP contribution in [0.5, 0.6) is 0 Å². The van der Waals surface area contributed by atoms with Gasteiger partial charge in [0.25, 0.3) is 0 Å². The molecule has 4 heteroatoms. The van der Waals surface area contributed by atoms with Crippen molar-refractivity contribution in [1.82, 2.24) is 5.32 Å². The third-order valence-corrected chi connectivity index (χ3v) is 3.92. The van der Waals surface area contributed by atoms with Crippen LogP contribution in [0.4, 0.5) is 0 Å². The van der Waals surface area contributed by atoms with E-state index >= 15 is 0 Å². The largest absolute Gasteiger partial charge is 0.354 e. The van der Waals surface area contributed by atoms with Gasteiger partial charge in [-0.15, -0.1) is 12.4 Å². The SMILES string of the molecule is CC(C)[C@H](N)C(=O)NCC(C)(C)CCCc1ccccc1.Cl. The van der Waals surface area contributed by atoms with Crippen LogP contribution in [-0.4, -0.2) is 18.5 Å². The van der Waals surface area contributed by atoms with E-state index in [0.717, 1.165) is 19.3 Å². The minimum Gasteiger partial charge on any atom is -0.354 e. The summed E-state index contributed by atoms with van der Waals surface area (Å²) < 4.78 is 0. The van der Waals surface area contributed by atoms with Crippen molar-refractivity contribution in [2.75, 3.05) is 6.54 Å². The zero-order valence-corrected chi connectivity index (χ0v) is 15.1. The summed E-state index contributed by atoms with van der Waals surface area (Å²) in [6, 6.07) is 10.1. The van der Waals surface area contributed by atoms with Crippen LogP contribution < -0.4 is 11.1 Å². The molecule has 0 bridgehead atoms. The predicted molar refractivity (Wildman–Crippen MR) is 96.2 cm³/mol. The Morgan fingerprint density at radius 2 is 1.82 bits per heavy atom. The number of carbonyl (C=O) groups is 1. The van der Waals surface area contributed by atoms with Crippen molar-refractivity contribution in [3.63, 3.8) is 0 Å². The summed E-state index contributed by atoms with van der Waals surface area (Å²) in [5.74, 6) is 0.132. The van der Waals surface area contributed by atoms with Gasteiger partial charge in [-0.2, -0.15) is 0 Å². The van der Waals surface area contributed by atoms with E-state index in [4.69, 9.17) is 5.73 Å². The molecule has 0 aliphatic heterocycles. The number of rotatable bonds is 8. The fourth-order valence-electron chi connectivity index (χ4n) is 2.25. The Labute approximate surface area is 141 Å². The zero-order valence-electron chi connectivity index (χ0n) is 14.3. The van der Waals surface area contributed by atoms with Crippen molar-refractivity contribution in [2.24, 2.45) is 17.1 Å². The normalized spacial score (nSPS) is 12.6. The average Bonchev–Trinajstić information content (AvgIpc) is 2.45. The van der Waals surface area contributed by atoms with Crippen LogP contribution in [0.15, 0.2) is 30.3 Å². The fraction of sp³-hybridized carbons (Fsp3) is 0.611. The molecule has 0 radical (unpaired) electrons. The number of amides is 1. The molecule has 0 aliphatic carbocycles. The van der Waals surface area contributed by atoms with Gasteiger partial charge < -0.3 is 11.1 Å².